The first kappa shape index (κ1) is 21.8. The highest BCUT2D eigenvalue weighted by Gasteiger charge is 2.35. The Morgan fingerprint density at radius 1 is 1.13 bits per heavy atom. The molecule has 2 fully saturated rings. The largest absolute Gasteiger partial charge is 0.360 e. The van der Waals surface area contributed by atoms with Crippen molar-refractivity contribution in [3.05, 3.63) is 40.2 Å². The van der Waals surface area contributed by atoms with Crippen LogP contribution in [-0.4, -0.2) is 67.3 Å². The Balaban J connectivity index is 1.53. The minimum Gasteiger partial charge on any atom is -0.360 e. The Morgan fingerprint density at radius 2 is 1.84 bits per heavy atom. The summed E-state index contributed by atoms with van der Waals surface area (Å²) in [7, 11) is -3.76. The fourth-order valence-corrected chi connectivity index (χ4v) is 5.97. The molecule has 1 aromatic carbocycles. The van der Waals surface area contributed by atoms with E-state index in [0.29, 0.717) is 34.9 Å². The Bertz CT molecular complexity index is 1120. The highest BCUT2D eigenvalue weighted by molar-refractivity contribution is 7.89. The fourth-order valence-electron chi connectivity index (χ4n) is 4.09. The average molecular weight is 467 g/mol. The maximum Gasteiger partial charge on any atom is 0.256 e. The predicted octanol–water partition coefficient (Wildman–Crippen LogP) is 2.22. The molecular formula is C20H23ClN4O5S. The lowest BCUT2D eigenvalue weighted by atomic mass is 10.1. The molecule has 31 heavy (non-hydrogen) atoms. The van der Waals surface area contributed by atoms with E-state index < -0.39 is 10.0 Å². The Morgan fingerprint density at radius 3 is 2.42 bits per heavy atom. The summed E-state index contributed by atoms with van der Waals surface area (Å²) in [6, 6.07) is 4.88. The van der Waals surface area contributed by atoms with Crippen LogP contribution in [0.2, 0.25) is 5.02 Å². The molecule has 0 radical (unpaired) electrons. The van der Waals surface area contributed by atoms with Crippen molar-refractivity contribution in [2.24, 2.45) is 0 Å². The zero-order chi connectivity index (χ0) is 22.3. The average Bonchev–Trinajstić information content (AvgIpc) is 3.32. The van der Waals surface area contributed by atoms with Crippen molar-refractivity contribution in [1.29, 1.82) is 0 Å². The van der Waals surface area contributed by atoms with Gasteiger partial charge in [-0.25, -0.2) is 8.42 Å². The van der Waals surface area contributed by atoms with Crippen LogP contribution in [0, 0.1) is 13.8 Å². The summed E-state index contributed by atoms with van der Waals surface area (Å²) in [4.78, 5) is 28.8. The zero-order valence-electron chi connectivity index (χ0n) is 17.3. The molecule has 3 heterocycles. The van der Waals surface area contributed by atoms with Crippen molar-refractivity contribution in [2.75, 3.05) is 37.6 Å². The lowest BCUT2D eigenvalue weighted by Crippen LogP contribution is -2.50. The van der Waals surface area contributed by atoms with E-state index >= 15 is 0 Å². The van der Waals surface area contributed by atoms with E-state index in [1.165, 1.54) is 4.31 Å². The third kappa shape index (κ3) is 3.95. The molecule has 2 aliphatic rings. The smallest absolute Gasteiger partial charge is 0.256 e. The van der Waals surface area contributed by atoms with Crippen LogP contribution in [0.1, 0.15) is 34.7 Å². The molecule has 166 valence electrons. The summed E-state index contributed by atoms with van der Waals surface area (Å²) in [5.41, 5.74) is 1.21. The zero-order valence-corrected chi connectivity index (χ0v) is 18.9. The van der Waals surface area contributed by atoms with E-state index in [1.807, 2.05) is 0 Å². The van der Waals surface area contributed by atoms with Crippen molar-refractivity contribution in [1.82, 2.24) is 14.4 Å². The van der Waals surface area contributed by atoms with Gasteiger partial charge in [-0.3, -0.25) is 9.59 Å². The van der Waals surface area contributed by atoms with Gasteiger partial charge in [0, 0.05) is 44.2 Å². The molecule has 11 heteroatoms. The van der Waals surface area contributed by atoms with Gasteiger partial charge in [0.1, 0.15) is 10.6 Å². The lowest BCUT2D eigenvalue weighted by Gasteiger charge is -2.34. The molecule has 2 amide bonds. The van der Waals surface area contributed by atoms with Crippen molar-refractivity contribution >= 4 is 39.1 Å². The second-order valence-corrected chi connectivity index (χ2v) is 9.97. The lowest BCUT2D eigenvalue weighted by molar-refractivity contribution is -0.117. The summed E-state index contributed by atoms with van der Waals surface area (Å²) in [5, 5.41) is 4.18. The van der Waals surface area contributed by atoms with Crippen LogP contribution in [0.25, 0.3) is 0 Å². The molecule has 1 aromatic heterocycles. The van der Waals surface area contributed by atoms with Gasteiger partial charge < -0.3 is 14.3 Å². The van der Waals surface area contributed by atoms with Crippen LogP contribution >= 0.6 is 11.6 Å². The number of piperazine rings is 1. The van der Waals surface area contributed by atoms with Crippen LogP contribution in [0.4, 0.5) is 5.69 Å². The number of nitrogens with zero attached hydrogens (tertiary/aromatic N) is 4. The molecule has 2 aromatic rings. The second-order valence-electron chi connectivity index (χ2n) is 7.66. The van der Waals surface area contributed by atoms with E-state index in [-0.39, 0.29) is 48.6 Å². The highest BCUT2D eigenvalue weighted by atomic mass is 35.5. The fraction of sp³-hybridized carbons (Fsp3) is 0.450. The maximum absolute atomic E-state index is 13.2. The van der Waals surface area contributed by atoms with Gasteiger partial charge in [0.25, 0.3) is 5.91 Å². The minimum atomic E-state index is -3.76. The van der Waals surface area contributed by atoms with Crippen LogP contribution in [0.3, 0.4) is 0 Å². The summed E-state index contributed by atoms with van der Waals surface area (Å²) >= 11 is 6.13. The molecule has 2 aliphatic heterocycles. The number of rotatable bonds is 4. The van der Waals surface area contributed by atoms with Crippen molar-refractivity contribution < 1.29 is 22.5 Å². The quantitative estimate of drug-likeness (QED) is 0.684. The number of aryl methyl sites for hydroxylation is 2. The van der Waals surface area contributed by atoms with E-state index in [0.717, 1.165) is 6.42 Å². The number of carbonyl (C=O) groups excluding carboxylic acids is 2. The van der Waals surface area contributed by atoms with Crippen molar-refractivity contribution in [2.45, 2.75) is 31.6 Å². The maximum atomic E-state index is 13.2. The first-order valence-corrected chi connectivity index (χ1v) is 11.8. The minimum absolute atomic E-state index is 0.0355. The second kappa shape index (κ2) is 8.25. The molecule has 0 spiro atoms. The molecule has 0 atom stereocenters. The monoisotopic (exact) mass is 466 g/mol. The van der Waals surface area contributed by atoms with Gasteiger partial charge in [-0.15, -0.1) is 0 Å². The molecule has 0 unspecified atom stereocenters. The van der Waals surface area contributed by atoms with Gasteiger partial charge in [0.2, 0.25) is 15.9 Å². The van der Waals surface area contributed by atoms with E-state index in [9.17, 15) is 18.0 Å². The Labute approximate surface area is 185 Å². The number of hydrogen-bond donors (Lipinski definition) is 0. The standard InChI is InChI=1S/C20H23ClN4O5S/c1-13-19(14(2)30-22-13)31(28,29)24-10-8-23(9-11-24)20(27)16-6-5-15(21)12-17(16)25-7-3-4-18(25)26/h5-6,12H,3-4,7-11H2,1-2H3. The predicted molar refractivity (Wildman–Crippen MR) is 114 cm³/mol. The van der Waals surface area contributed by atoms with Crippen LogP contribution in [0.5, 0.6) is 0 Å². The van der Waals surface area contributed by atoms with Gasteiger partial charge in [0.15, 0.2) is 5.76 Å². The number of aromatic nitrogens is 1. The van der Waals surface area contributed by atoms with Crippen molar-refractivity contribution in [3.63, 3.8) is 0 Å². The molecule has 0 saturated carbocycles. The molecule has 0 bridgehead atoms. The first-order chi connectivity index (χ1) is 14.7. The number of amides is 2. The molecule has 2 saturated heterocycles. The van der Waals surface area contributed by atoms with Gasteiger partial charge in [-0.05, 0) is 38.5 Å². The first-order valence-electron chi connectivity index (χ1n) is 10.0. The summed E-state index contributed by atoms with van der Waals surface area (Å²) in [5.74, 6) is -0.0375. The van der Waals surface area contributed by atoms with E-state index in [4.69, 9.17) is 16.1 Å². The van der Waals surface area contributed by atoms with E-state index in [1.54, 1.807) is 41.8 Å². The molecule has 4 rings (SSSR count). The van der Waals surface area contributed by atoms with Gasteiger partial charge >= 0.3 is 0 Å². The Hall–Kier alpha value is -2.43. The summed E-state index contributed by atoms with van der Waals surface area (Å²) < 4.78 is 32.4. The Kier molecular flexibility index (Phi) is 5.80. The van der Waals surface area contributed by atoms with E-state index in [2.05, 4.69) is 5.16 Å². The van der Waals surface area contributed by atoms with Gasteiger partial charge in [-0.2, -0.15) is 4.31 Å². The third-order valence-electron chi connectivity index (χ3n) is 5.65. The van der Waals surface area contributed by atoms with Crippen LogP contribution in [0.15, 0.2) is 27.6 Å². The topological polar surface area (TPSA) is 104 Å². The molecular weight excluding hydrogens is 444 g/mol. The SMILES string of the molecule is Cc1noc(C)c1S(=O)(=O)N1CCN(C(=O)c2ccc(Cl)cc2N2CCCC2=O)CC1. The number of carbonyl (C=O) groups is 2. The van der Waals surface area contributed by atoms with Crippen LogP contribution in [-0.2, 0) is 14.8 Å². The number of benzene rings is 1. The van der Waals surface area contributed by atoms with Crippen molar-refractivity contribution in [3.8, 4) is 0 Å². The summed E-state index contributed by atoms with van der Waals surface area (Å²) in [6.07, 6.45) is 1.18. The molecule has 0 N–H and O–H groups in total. The number of halogens is 1. The van der Waals surface area contributed by atoms with Crippen LogP contribution < -0.4 is 4.90 Å². The number of hydrogen-bond acceptors (Lipinski definition) is 6. The van der Waals surface area contributed by atoms with Gasteiger partial charge in [-0.1, -0.05) is 16.8 Å². The third-order valence-corrected chi connectivity index (χ3v) is 8.02. The highest BCUT2D eigenvalue weighted by Crippen LogP contribution is 2.30. The molecule has 9 nitrogen and oxygen atoms in total. The molecule has 0 aliphatic carbocycles. The van der Waals surface area contributed by atoms with Gasteiger partial charge in [0.05, 0.1) is 11.3 Å². The number of sulfonamides is 1. The summed E-state index contributed by atoms with van der Waals surface area (Å²) in [6.45, 7) is 4.48. The normalized spacial score (nSPS) is 18.1. The number of anilines is 1.